The molecule has 0 saturated heterocycles. The Kier molecular flexibility index (Phi) is 4.21. The Morgan fingerprint density at radius 3 is 2.61 bits per heavy atom. The summed E-state index contributed by atoms with van der Waals surface area (Å²) in [4.78, 5) is 18.9. The minimum atomic E-state index is -1.18. The van der Waals surface area contributed by atoms with Gasteiger partial charge in [0, 0.05) is 5.56 Å². The predicted octanol–water partition coefficient (Wildman–Crippen LogP) is 5.16. The minimum Gasteiger partial charge on any atom is -0.445 e. The summed E-state index contributed by atoms with van der Waals surface area (Å²) >= 11 is 3.44. The van der Waals surface area contributed by atoms with Crippen molar-refractivity contribution in [2.75, 3.05) is 0 Å². The highest BCUT2D eigenvalue weighted by Gasteiger charge is 2.56. The highest BCUT2D eigenvalue weighted by atomic mass is 79.9. The SMILES string of the molecule is Cc1nn(Br)c2c1[C@@]1(C(C#N)=CO2)c2cc(-c3ccccc3)ccc2-n2c1nc1ccccc1c2=O. The first-order valence-corrected chi connectivity index (χ1v) is 12.0. The van der Waals surface area contributed by atoms with Crippen molar-refractivity contribution in [2.24, 2.45) is 0 Å². The van der Waals surface area contributed by atoms with Crippen LogP contribution < -0.4 is 10.3 Å². The third-order valence-corrected chi connectivity index (χ3v) is 7.51. The van der Waals surface area contributed by atoms with Gasteiger partial charge in [-0.15, -0.1) is 0 Å². The van der Waals surface area contributed by atoms with E-state index in [0.717, 1.165) is 16.7 Å². The van der Waals surface area contributed by atoms with Gasteiger partial charge >= 0.3 is 0 Å². The van der Waals surface area contributed by atoms with Gasteiger partial charge in [0.15, 0.2) is 0 Å². The fourth-order valence-corrected chi connectivity index (χ4v) is 6.04. The van der Waals surface area contributed by atoms with Gasteiger partial charge in [-0.3, -0.25) is 9.36 Å². The van der Waals surface area contributed by atoms with E-state index >= 15 is 0 Å². The Balaban J connectivity index is 1.70. The average Bonchev–Trinajstić information content (AvgIpc) is 3.36. The number of rotatable bonds is 1. The van der Waals surface area contributed by atoms with Crippen LogP contribution in [0, 0.1) is 18.3 Å². The van der Waals surface area contributed by atoms with Crippen LogP contribution in [0.15, 0.2) is 89.4 Å². The summed E-state index contributed by atoms with van der Waals surface area (Å²) in [5.41, 5.74) is 4.34. The summed E-state index contributed by atoms with van der Waals surface area (Å²) in [5, 5.41) is 15.5. The van der Waals surface area contributed by atoms with Crippen molar-refractivity contribution in [2.45, 2.75) is 12.3 Å². The molecule has 0 saturated carbocycles. The molecule has 1 atom stereocenters. The summed E-state index contributed by atoms with van der Waals surface area (Å²) in [6.45, 7) is 1.87. The van der Waals surface area contributed by atoms with Crippen LogP contribution in [-0.2, 0) is 5.41 Å². The maximum Gasteiger partial charge on any atom is 0.266 e. The smallest absolute Gasteiger partial charge is 0.266 e. The van der Waals surface area contributed by atoms with Gasteiger partial charge in [0.2, 0.25) is 5.88 Å². The number of nitriles is 1. The van der Waals surface area contributed by atoms with E-state index in [1.165, 1.54) is 9.97 Å². The maximum absolute atomic E-state index is 13.9. The minimum absolute atomic E-state index is 0.185. The summed E-state index contributed by atoms with van der Waals surface area (Å²) < 4.78 is 9.00. The Bertz CT molecular complexity index is 1880. The third kappa shape index (κ3) is 2.47. The number of ether oxygens (including phenoxy) is 1. The lowest BCUT2D eigenvalue weighted by atomic mass is 9.68. The maximum atomic E-state index is 13.9. The highest BCUT2D eigenvalue weighted by molar-refractivity contribution is 9.08. The van der Waals surface area contributed by atoms with E-state index in [-0.39, 0.29) is 5.56 Å². The first-order chi connectivity index (χ1) is 17.6. The Labute approximate surface area is 213 Å². The van der Waals surface area contributed by atoms with Crippen LogP contribution in [0.1, 0.15) is 22.6 Å². The number of nitrogens with zero attached hydrogens (tertiary/aromatic N) is 5. The molecule has 7 rings (SSSR count). The van der Waals surface area contributed by atoms with Crippen molar-refractivity contribution in [3.05, 3.63) is 118 Å². The second-order valence-electron chi connectivity index (χ2n) is 8.83. The van der Waals surface area contributed by atoms with E-state index < -0.39 is 5.41 Å². The van der Waals surface area contributed by atoms with E-state index in [2.05, 4.69) is 33.4 Å². The molecule has 2 aliphatic heterocycles. The number of benzene rings is 3. The number of halogens is 1. The largest absolute Gasteiger partial charge is 0.445 e. The van der Waals surface area contributed by atoms with Crippen LogP contribution in [0.25, 0.3) is 27.7 Å². The molecule has 3 aromatic carbocycles. The molecule has 0 aliphatic carbocycles. The summed E-state index contributed by atoms with van der Waals surface area (Å²) in [6.07, 6.45) is 1.44. The molecule has 0 bridgehead atoms. The van der Waals surface area contributed by atoms with Crippen LogP contribution >= 0.6 is 16.1 Å². The van der Waals surface area contributed by atoms with Crippen LogP contribution in [-0.4, -0.2) is 18.4 Å². The number of fused-ring (bicyclic) bond motifs is 8. The van der Waals surface area contributed by atoms with Gasteiger partial charge in [-0.05, 0) is 42.3 Å². The van der Waals surface area contributed by atoms with E-state index in [9.17, 15) is 10.1 Å². The van der Waals surface area contributed by atoms with Crippen LogP contribution in [0.5, 0.6) is 5.88 Å². The van der Waals surface area contributed by atoms with Crippen molar-refractivity contribution in [3.63, 3.8) is 0 Å². The fourth-order valence-electron chi connectivity index (χ4n) is 5.54. The normalized spacial score (nSPS) is 17.2. The number of aryl methyl sites for hydroxylation is 1. The second kappa shape index (κ2) is 7.26. The van der Waals surface area contributed by atoms with Gasteiger partial charge in [-0.2, -0.15) is 14.1 Å². The molecule has 2 aliphatic rings. The van der Waals surface area contributed by atoms with E-state index in [4.69, 9.17) is 9.72 Å². The molecule has 7 nitrogen and oxygen atoms in total. The molecule has 5 aromatic rings. The van der Waals surface area contributed by atoms with Crippen LogP contribution in [0.3, 0.4) is 0 Å². The number of hydrogen-bond donors (Lipinski definition) is 0. The molecule has 0 unspecified atom stereocenters. The van der Waals surface area contributed by atoms with Gasteiger partial charge in [0.05, 0.1) is 55.6 Å². The standard InChI is InChI=1S/C28H16BrN5O2/c1-16-24-26(34(29)32-16)36-15-19(14-30)28(24)21-13-18(17-7-3-2-4-8-17)11-12-23(21)33-25(35)20-9-5-6-10-22(20)31-27(28)33/h2-13,15H,1H3/t28-/m1/s1. The van der Waals surface area contributed by atoms with Gasteiger partial charge in [-0.1, -0.05) is 48.5 Å². The Morgan fingerprint density at radius 2 is 1.81 bits per heavy atom. The highest BCUT2D eigenvalue weighted by Crippen LogP contribution is 2.56. The molecular weight excluding hydrogens is 518 g/mol. The molecule has 4 heterocycles. The van der Waals surface area contributed by atoms with Gasteiger partial charge in [0.1, 0.15) is 17.5 Å². The summed E-state index contributed by atoms with van der Waals surface area (Å²) in [7, 11) is 0. The molecular formula is C28H16BrN5O2. The third-order valence-electron chi connectivity index (χ3n) is 7.03. The molecule has 36 heavy (non-hydrogen) atoms. The summed E-state index contributed by atoms with van der Waals surface area (Å²) in [5.74, 6) is 0.894. The topological polar surface area (TPSA) is 85.7 Å². The zero-order valence-corrected chi connectivity index (χ0v) is 20.5. The molecule has 8 heteroatoms. The molecule has 0 N–H and O–H groups in total. The van der Waals surface area contributed by atoms with Gasteiger partial charge < -0.3 is 4.74 Å². The lowest BCUT2D eigenvalue weighted by Crippen LogP contribution is -2.36. The first-order valence-electron chi connectivity index (χ1n) is 11.3. The van der Waals surface area contributed by atoms with Crippen molar-refractivity contribution >= 4 is 27.1 Å². The number of para-hydroxylation sites is 1. The zero-order valence-electron chi connectivity index (χ0n) is 18.9. The molecule has 2 aromatic heterocycles. The zero-order chi connectivity index (χ0) is 24.6. The fraction of sp³-hybridized carbons (Fsp3) is 0.0714. The molecule has 0 fully saturated rings. The molecule has 0 amide bonds. The number of allylic oxidation sites excluding steroid dienone is 1. The van der Waals surface area contributed by atoms with E-state index in [1.807, 2.05) is 67.6 Å². The van der Waals surface area contributed by atoms with Crippen molar-refractivity contribution < 1.29 is 4.74 Å². The average molecular weight is 534 g/mol. The van der Waals surface area contributed by atoms with Crippen LogP contribution in [0.4, 0.5) is 0 Å². The Morgan fingerprint density at radius 1 is 1.03 bits per heavy atom. The molecule has 172 valence electrons. The van der Waals surface area contributed by atoms with Crippen molar-refractivity contribution in [1.29, 1.82) is 5.26 Å². The Hall–Kier alpha value is -4.48. The molecule has 1 spiro atoms. The second-order valence-corrected chi connectivity index (χ2v) is 9.50. The monoisotopic (exact) mass is 533 g/mol. The van der Waals surface area contributed by atoms with Gasteiger partial charge in [0.25, 0.3) is 5.56 Å². The number of hydrogen-bond acceptors (Lipinski definition) is 5. The lowest BCUT2D eigenvalue weighted by molar-refractivity contribution is 0.415. The van der Waals surface area contributed by atoms with E-state index in [0.29, 0.717) is 45.1 Å². The van der Waals surface area contributed by atoms with Crippen LogP contribution in [0.2, 0.25) is 0 Å². The van der Waals surface area contributed by atoms with Crippen molar-refractivity contribution in [3.8, 4) is 28.8 Å². The summed E-state index contributed by atoms with van der Waals surface area (Å²) in [6, 6.07) is 25.6. The van der Waals surface area contributed by atoms with Gasteiger partial charge in [-0.25, -0.2) is 4.98 Å². The predicted molar refractivity (Wildman–Crippen MR) is 138 cm³/mol. The van der Waals surface area contributed by atoms with E-state index in [1.54, 1.807) is 10.6 Å². The number of aromatic nitrogens is 4. The first kappa shape index (κ1) is 20.9. The lowest BCUT2D eigenvalue weighted by Gasteiger charge is -2.32. The van der Waals surface area contributed by atoms with Crippen molar-refractivity contribution in [1.82, 2.24) is 18.4 Å². The quantitative estimate of drug-likeness (QED) is 0.297. The molecule has 0 radical (unpaired) electrons.